The summed E-state index contributed by atoms with van der Waals surface area (Å²) in [5.74, 6) is 0.482. The molecule has 0 spiro atoms. The molecule has 0 atom stereocenters. The van der Waals surface area contributed by atoms with Crippen LogP contribution < -0.4 is 5.46 Å². The van der Waals surface area contributed by atoms with Gasteiger partial charge in [-0.3, -0.25) is 0 Å². The van der Waals surface area contributed by atoms with Gasteiger partial charge in [0.2, 0.25) is 10.6 Å². The third kappa shape index (κ3) is 15.8. The molecule has 0 bridgehead atoms. The van der Waals surface area contributed by atoms with Crippen LogP contribution in [0, 0.1) is 0 Å². The van der Waals surface area contributed by atoms with Crippen molar-refractivity contribution in [3.63, 3.8) is 0 Å². The maximum atomic E-state index is 6.40. The Labute approximate surface area is 750 Å². The topological polar surface area (TPSA) is 104 Å². The highest BCUT2D eigenvalue weighted by molar-refractivity contribution is 9.10. The van der Waals surface area contributed by atoms with Crippen molar-refractivity contribution < 1.29 is 27.9 Å². The van der Waals surface area contributed by atoms with Crippen LogP contribution in [0.1, 0.15) is 94.2 Å². The van der Waals surface area contributed by atoms with E-state index in [0.29, 0.717) is 5.82 Å². The van der Waals surface area contributed by atoms with Crippen LogP contribution in [0.3, 0.4) is 0 Å². The van der Waals surface area contributed by atoms with Gasteiger partial charge < -0.3 is 37.1 Å². The number of nitrogens with zero attached hydrogens (tertiary/aromatic N) is 5. The van der Waals surface area contributed by atoms with Crippen LogP contribution in [0.15, 0.2) is 290 Å². The van der Waals surface area contributed by atoms with Gasteiger partial charge in [-0.15, -0.1) is 34.0 Å². The number of benzene rings is 13. The van der Waals surface area contributed by atoms with Crippen molar-refractivity contribution in [1.29, 1.82) is 0 Å². The molecule has 22 heteroatoms. The van der Waals surface area contributed by atoms with Crippen molar-refractivity contribution >= 4 is 227 Å². The molecular formula is C100H85B3BrCl4N5O6S3. The first-order chi connectivity index (χ1) is 58.5. The van der Waals surface area contributed by atoms with Crippen molar-refractivity contribution in [2.24, 2.45) is 0 Å². The second kappa shape index (κ2) is 33.0. The zero-order valence-corrected chi connectivity index (χ0v) is 76.4. The first-order valence-electron chi connectivity index (χ1n) is 40.6. The van der Waals surface area contributed by atoms with Gasteiger partial charge in [-0.05, 0) is 237 Å². The second-order valence-electron chi connectivity index (χ2n) is 33.9. The van der Waals surface area contributed by atoms with Crippen LogP contribution in [0.25, 0.3) is 138 Å². The molecule has 9 heterocycles. The highest BCUT2D eigenvalue weighted by atomic mass is 79.9. The van der Waals surface area contributed by atoms with Gasteiger partial charge in [0.25, 0.3) is 0 Å². The summed E-state index contributed by atoms with van der Waals surface area (Å²) >= 11 is 32.8. The molecule has 23 rings (SSSR count). The van der Waals surface area contributed by atoms with Gasteiger partial charge in [-0.25, -0.2) is 0 Å². The van der Waals surface area contributed by atoms with E-state index in [1.54, 1.807) is 0 Å². The summed E-state index contributed by atoms with van der Waals surface area (Å²) in [5.41, 5.74) is 12.3. The lowest BCUT2D eigenvalue weighted by Crippen LogP contribution is -2.41. The summed E-state index contributed by atoms with van der Waals surface area (Å²) in [7, 11) is -1.35. The van der Waals surface area contributed by atoms with Crippen molar-refractivity contribution in [2.45, 2.75) is 123 Å². The minimum Gasteiger partial charge on any atom is -0.405 e. The van der Waals surface area contributed by atoms with Crippen molar-refractivity contribution in [3.8, 4) is 33.9 Å². The molecule has 3 aliphatic heterocycles. The van der Waals surface area contributed by atoms with Crippen LogP contribution >= 0.6 is 96.3 Å². The Morgan fingerprint density at radius 2 is 0.697 bits per heavy atom. The Morgan fingerprint density at radius 3 is 1.21 bits per heavy atom. The average Bonchev–Trinajstić information content (AvgIpc) is 1.56. The van der Waals surface area contributed by atoms with E-state index in [0.717, 1.165) is 33.0 Å². The predicted molar refractivity (Wildman–Crippen MR) is 522 cm³/mol. The van der Waals surface area contributed by atoms with Gasteiger partial charge in [-0.1, -0.05) is 227 Å². The molecule has 3 fully saturated rings. The molecule has 19 aromatic rings. The lowest BCUT2D eigenvalue weighted by atomic mass is 9.49. The van der Waals surface area contributed by atoms with Gasteiger partial charge in [0, 0.05) is 102 Å². The van der Waals surface area contributed by atoms with E-state index < -0.39 is 21.1 Å². The Kier molecular flexibility index (Phi) is 22.6. The predicted octanol–water partition coefficient (Wildman–Crippen LogP) is 29.1. The van der Waals surface area contributed by atoms with E-state index in [4.69, 9.17) is 74.3 Å². The molecule has 13 aromatic carbocycles. The monoisotopic (exact) mass is 1800 g/mol. The Balaban J connectivity index is 0.000000104. The van der Waals surface area contributed by atoms with Crippen molar-refractivity contribution in [3.05, 3.63) is 321 Å². The molecule has 0 N–H and O–H groups in total. The van der Waals surface area contributed by atoms with Crippen LogP contribution in [0.5, 0.6) is 0 Å². The lowest BCUT2D eigenvalue weighted by Gasteiger charge is -2.32. The van der Waals surface area contributed by atoms with Crippen molar-refractivity contribution in [2.75, 3.05) is 0 Å². The number of aromatic nitrogens is 5. The first-order valence-corrected chi connectivity index (χ1v) is 45.4. The number of hydrogen-bond donors (Lipinski definition) is 0. The van der Waals surface area contributed by atoms with Gasteiger partial charge in [0.05, 0.1) is 67.0 Å². The van der Waals surface area contributed by atoms with Crippen LogP contribution in [-0.2, 0) is 34.3 Å². The molecule has 6 aromatic heterocycles. The smallest absolute Gasteiger partial charge is 0.405 e. The molecule has 0 unspecified atom stereocenters. The van der Waals surface area contributed by atoms with E-state index in [1.165, 1.54) is 137 Å². The first kappa shape index (κ1) is 83.6. The molecular weight excluding hydrogens is 1720 g/mol. The number of thiophene rings is 3. The summed E-state index contributed by atoms with van der Waals surface area (Å²) in [5, 5.41) is 14.7. The fourth-order valence-electron chi connectivity index (χ4n) is 16.3. The number of halogens is 5. The quantitative estimate of drug-likeness (QED) is 0.156. The number of para-hydroxylation sites is 2. The van der Waals surface area contributed by atoms with Gasteiger partial charge in [0.1, 0.15) is 0 Å². The number of fused-ring (bicyclic) bond motifs is 18. The zero-order chi connectivity index (χ0) is 84.9. The molecule has 608 valence electrons. The minimum atomic E-state index is -0.476. The molecule has 122 heavy (non-hydrogen) atoms. The maximum Gasteiger partial charge on any atom is 0.494 e. The van der Waals surface area contributed by atoms with E-state index in [2.05, 4.69) is 310 Å². The fraction of sp³-hybridized carbons (Fsp3) is 0.190. The zero-order valence-electron chi connectivity index (χ0n) is 69.4. The molecule has 4 aliphatic rings. The highest BCUT2D eigenvalue weighted by Gasteiger charge is 2.64. The van der Waals surface area contributed by atoms with Crippen LogP contribution in [0.2, 0.25) is 20.6 Å². The average molecular weight is 1800 g/mol. The van der Waals surface area contributed by atoms with Gasteiger partial charge >= 0.3 is 21.1 Å². The van der Waals surface area contributed by atoms with Gasteiger partial charge in [0.15, 0.2) is 5.82 Å². The second-order valence-corrected chi connectivity index (χ2v) is 39.5. The molecule has 3 saturated heterocycles. The fourth-order valence-corrected chi connectivity index (χ4v) is 21.2. The number of hydrogen-bond acceptors (Lipinski definition) is 12. The SMILES string of the molecule is Brc1cccc2sc3ccccc3c12.CC1(C)OB(B2OC(C)(C)C(C)(C)O2)OC1(C)C.CC1(C)OB(c2ccc3c4ccccc4n(-c4cccc5sc6ccccc6c45)c3c2)OC1(C)C.Clc1ccc2c(c1)Cc1ccccc1-2.Clc1ccc2c3ccccc3n(-c3cccc4sc5ccccc5c34)c2c1.Clc1nc(Cl)nc(-c2ccccc2)n1. The molecule has 1 aliphatic carbocycles. The molecule has 0 amide bonds. The summed E-state index contributed by atoms with van der Waals surface area (Å²) < 4.78 is 50.6. The number of rotatable bonds is 5. The highest BCUT2D eigenvalue weighted by Crippen LogP contribution is 2.48. The van der Waals surface area contributed by atoms with E-state index >= 15 is 0 Å². The van der Waals surface area contributed by atoms with Gasteiger partial charge in [-0.2, -0.15) is 15.0 Å². The lowest BCUT2D eigenvalue weighted by molar-refractivity contribution is 0.00578. The normalized spacial score (nSPS) is 16.2. The molecule has 11 nitrogen and oxygen atoms in total. The molecule has 0 saturated carbocycles. The van der Waals surface area contributed by atoms with E-state index in [-0.39, 0.29) is 44.2 Å². The summed E-state index contributed by atoms with van der Waals surface area (Å²) in [4.78, 5) is 11.6. The van der Waals surface area contributed by atoms with Crippen molar-refractivity contribution in [1.82, 2.24) is 24.1 Å². The Morgan fingerprint density at radius 1 is 0.320 bits per heavy atom. The summed E-state index contributed by atoms with van der Waals surface area (Å²) in [6.07, 6.45) is 1.02. The Bertz CT molecular complexity index is 7150. The van der Waals surface area contributed by atoms with Crippen LogP contribution in [0.4, 0.5) is 0 Å². The minimum absolute atomic E-state index is 0.101. The van der Waals surface area contributed by atoms with E-state index in [9.17, 15) is 0 Å². The summed E-state index contributed by atoms with van der Waals surface area (Å²) in [6, 6.07) is 99.7. The Hall–Kier alpha value is -9.28. The largest absolute Gasteiger partial charge is 0.494 e. The molecule has 0 radical (unpaired) electrons. The van der Waals surface area contributed by atoms with Crippen LogP contribution in [-0.4, -0.2) is 78.8 Å². The third-order valence-corrected chi connectivity index (χ3v) is 29.5. The summed E-state index contributed by atoms with van der Waals surface area (Å²) in [6.45, 7) is 24.6. The maximum absolute atomic E-state index is 6.40. The standard InChI is InChI=1S/C30H26BNO2S.C24H14ClNS.C13H9Cl.C12H24B2O4.C12H7BrS.C9H5Cl2N3/c1-29(2)30(3,4)34-31(33-29)19-16-17-21-20-10-5-7-12-23(20)32(25(21)18-19)24-13-9-15-27-28(24)22-11-6-8-14-26(22)35-27;25-15-12-13-17-16-6-1-3-8-19(16)26(21(17)14-15)20-9-5-11-23-24(20)18-7-2-4-10-22(18)27-23;14-11-5-6-13-10(8-11)7-9-3-1-2-4-12(9)13;1-9(2)10(3,4)16-13(15-9)14-17-11(5,6)12(7,8)18-14;13-9-5-3-7-11-12(9)8-4-1-2-6-10(8)14-11;10-8-12-7(13-9(11)14-8)6-4-2-1-3-5-6/h5-18H,1-4H3;1-14H;1-6,8H,7H2;1-8H3;1-7H;1-5H. The third-order valence-electron chi connectivity index (χ3n) is 24.6. The van der Waals surface area contributed by atoms with E-state index in [1.807, 2.05) is 132 Å².